The van der Waals surface area contributed by atoms with Gasteiger partial charge in [0.2, 0.25) is 5.91 Å². The number of nitrogens with zero attached hydrogens (tertiary/aromatic N) is 4. The third-order valence-corrected chi connectivity index (χ3v) is 7.46. The van der Waals surface area contributed by atoms with Crippen molar-refractivity contribution in [3.63, 3.8) is 0 Å². The molecule has 0 spiro atoms. The lowest BCUT2D eigenvalue weighted by Gasteiger charge is -2.31. The third-order valence-electron chi connectivity index (χ3n) is 6.62. The van der Waals surface area contributed by atoms with Crippen LogP contribution in [-0.2, 0) is 11.8 Å². The van der Waals surface area contributed by atoms with E-state index in [9.17, 15) is 9.59 Å². The van der Waals surface area contributed by atoms with Crippen molar-refractivity contribution < 1.29 is 9.59 Å². The van der Waals surface area contributed by atoms with Crippen LogP contribution in [0.2, 0.25) is 0 Å². The van der Waals surface area contributed by atoms with Gasteiger partial charge in [-0.25, -0.2) is 4.98 Å². The van der Waals surface area contributed by atoms with E-state index in [4.69, 9.17) is 5.73 Å². The molecule has 1 saturated carbocycles. The number of nitrogens with two attached hydrogens (primary N) is 1. The maximum atomic E-state index is 13.5. The molecule has 0 bridgehead atoms. The Morgan fingerprint density at radius 1 is 1.21 bits per heavy atom. The number of carbonyl (C=O) groups excluding carboxylic acids is 2. The average Bonchev–Trinajstić information content (AvgIpc) is 3.32. The summed E-state index contributed by atoms with van der Waals surface area (Å²) in [4.78, 5) is 30.9. The second-order valence-corrected chi connectivity index (χ2v) is 10.0. The van der Waals surface area contributed by atoms with Crippen LogP contribution in [0, 0.1) is 25.7 Å². The molecule has 8 nitrogen and oxygen atoms in total. The maximum Gasteiger partial charge on any atom is 0.266 e. The molecule has 0 unspecified atom stereocenters. The highest BCUT2D eigenvalue weighted by atomic mass is 32.1. The quantitative estimate of drug-likeness (QED) is 0.565. The summed E-state index contributed by atoms with van der Waals surface area (Å²) in [5.41, 5.74) is 9.40. The summed E-state index contributed by atoms with van der Waals surface area (Å²) in [6, 6.07) is 5.42. The number of aromatic nitrogens is 4. The minimum absolute atomic E-state index is 0.151. The van der Waals surface area contributed by atoms with E-state index in [1.54, 1.807) is 19.3 Å². The van der Waals surface area contributed by atoms with Gasteiger partial charge in [-0.05, 0) is 68.3 Å². The molecule has 1 atom stereocenters. The lowest BCUT2D eigenvalue weighted by molar-refractivity contribution is -0.119. The lowest BCUT2D eigenvalue weighted by Crippen LogP contribution is -2.30. The standard InChI is InChI=1S/C24H30N6O2S/c1-13-5-7-16(8-6-13)22(18-11-19(23(25)31)30(4)28-18)24(32)27-20-10-9-17(12-26-20)21-14(2)29-33-15(21)3/h9-13,16,22H,5-8H2,1-4H3,(H2,25,31)(H,26,27,32)/t13?,16?,22-/m0/s1. The van der Waals surface area contributed by atoms with Crippen molar-refractivity contribution in [2.45, 2.75) is 52.4 Å². The fourth-order valence-electron chi connectivity index (χ4n) is 4.80. The van der Waals surface area contributed by atoms with Crippen LogP contribution in [0.15, 0.2) is 24.4 Å². The molecule has 1 aliphatic carbocycles. The Hall–Kier alpha value is -3.07. The van der Waals surface area contributed by atoms with Crippen molar-refractivity contribution in [3.8, 4) is 11.1 Å². The van der Waals surface area contributed by atoms with Crippen molar-refractivity contribution in [1.82, 2.24) is 19.1 Å². The predicted molar refractivity (Wildman–Crippen MR) is 129 cm³/mol. The molecule has 0 saturated heterocycles. The van der Waals surface area contributed by atoms with E-state index in [0.717, 1.165) is 47.4 Å². The van der Waals surface area contributed by atoms with E-state index in [0.29, 0.717) is 23.1 Å². The molecule has 3 aromatic rings. The summed E-state index contributed by atoms with van der Waals surface area (Å²) in [6.07, 6.45) is 5.80. The molecule has 3 heterocycles. The molecule has 174 valence electrons. The molecule has 33 heavy (non-hydrogen) atoms. The molecule has 0 aromatic carbocycles. The number of primary amides is 1. The molecule has 4 rings (SSSR count). The normalized spacial score (nSPS) is 19.3. The smallest absolute Gasteiger partial charge is 0.266 e. The first-order valence-electron chi connectivity index (χ1n) is 11.3. The topological polar surface area (TPSA) is 116 Å². The highest BCUT2D eigenvalue weighted by Crippen LogP contribution is 2.38. The zero-order valence-corrected chi connectivity index (χ0v) is 20.3. The Bertz CT molecular complexity index is 1140. The summed E-state index contributed by atoms with van der Waals surface area (Å²) < 4.78 is 5.86. The molecule has 1 fully saturated rings. The number of amides is 2. The molecule has 9 heteroatoms. The monoisotopic (exact) mass is 466 g/mol. The first-order valence-corrected chi connectivity index (χ1v) is 12.1. The van der Waals surface area contributed by atoms with E-state index in [-0.39, 0.29) is 11.8 Å². The number of carbonyl (C=O) groups is 2. The molecule has 3 N–H and O–H groups in total. The molecule has 3 aromatic heterocycles. The number of anilines is 1. The van der Waals surface area contributed by atoms with Gasteiger partial charge in [-0.2, -0.15) is 9.47 Å². The zero-order valence-electron chi connectivity index (χ0n) is 19.5. The Balaban J connectivity index is 1.59. The minimum atomic E-state index is -0.557. The van der Waals surface area contributed by atoms with Crippen LogP contribution in [0.25, 0.3) is 11.1 Å². The van der Waals surface area contributed by atoms with Crippen LogP contribution >= 0.6 is 11.5 Å². The molecule has 0 radical (unpaired) electrons. The summed E-state index contributed by atoms with van der Waals surface area (Å²) in [5, 5.41) is 7.47. The molecular formula is C24H30N6O2S. The average molecular weight is 467 g/mol. The third kappa shape index (κ3) is 4.83. The van der Waals surface area contributed by atoms with Crippen LogP contribution in [-0.4, -0.2) is 31.0 Å². The number of nitrogens with one attached hydrogen (secondary N) is 1. The van der Waals surface area contributed by atoms with E-state index in [1.807, 2.05) is 26.0 Å². The molecular weight excluding hydrogens is 436 g/mol. The second-order valence-electron chi connectivity index (χ2n) is 9.06. The first kappa shape index (κ1) is 23.1. The van der Waals surface area contributed by atoms with Gasteiger partial charge >= 0.3 is 0 Å². The van der Waals surface area contributed by atoms with E-state index in [1.165, 1.54) is 16.2 Å². The van der Waals surface area contributed by atoms with Gasteiger partial charge in [-0.3, -0.25) is 14.3 Å². The number of hydrogen-bond donors (Lipinski definition) is 2. The Kier molecular flexibility index (Phi) is 6.60. The second kappa shape index (κ2) is 9.43. The van der Waals surface area contributed by atoms with Gasteiger partial charge in [0.25, 0.3) is 5.91 Å². The van der Waals surface area contributed by atoms with Gasteiger partial charge in [-0.15, -0.1) is 0 Å². The fourth-order valence-corrected chi connectivity index (χ4v) is 5.52. The Morgan fingerprint density at radius 2 is 1.94 bits per heavy atom. The Labute approximate surface area is 197 Å². The number of hydrogen-bond acceptors (Lipinski definition) is 6. The summed E-state index contributed by atoms with van der Waals surface area (Å²) in [7, 11) is 1.67. The van der Waals surface area contributed by atoms with Crippen LogP contribution < -0.4 is 11.1 Å². The minimum Gasteiger partial charge on any atom is -0.364 e. The summed E-state index contributed by atoms with van der Waals surface area (Å²) in [5.74, 6) is 0.110. The fraction of sp³-hybridized carbons (Fsp3) is 0.458. The maximum absolute atomic E-state index is 13.5. The lowest BCUT2D eigenvalue weighted by atomic mass is 9.75. The summed E-state index contributed by atoms with van der Waals surface area (Å²) in [6.45, 7) is 6.27. The SMILES string of the molecule is Cc1nsc(C)c1-c1ccc(NC(=O)[C@H](c2cc(C(N)=O)n(C)n2)C2CCC(C)CC2)nc1. The van der Waals surface area contributed by atoms with E-state index < -0.39 is 11.8 Å². The van der Waals surface area contributed by atoms with Crippen molar-refractivity contribution >= 4 is 29.2 Å². The summed E-state index contributed by atoms with van der Waals surface area (Å²) >= 11 is 1.47. The van der Waals surface area contributed by atoms with Crippen LogP contribution in [0.3, 0.4) is 0 Å². The molecule has 2 amide bonds. The van der Waals surface area contributed by atoms with Gasteiger partial charge in [0.1, 0.15) is 11.5 Å². The Morgan fingerprint density at radius 3 is 2.48 bits per heavy atom. The number of pyridine rings is 1. The van der Waals surface area contributed by atoms with Gasteiger partial charge in [0.15, 0.2) is 0 Å². The molecule has 1 aliphatic rings. The predicted octanol–water partition coefficient (Wildman–Crippen LogP) is 4.20. The van der Waals surface area contributed by atoms with E-state index in [2.05, 4.69) is 26.7 Å². The largest absolute Gasteiger partial charge is 0.364 e. The zero-order chi connectivity index (χ0) is 23.7. The first-order chi connectivity index (χ1) is 15.7. The highest BCUT2D eigenvalue weighted by molar-refractivity contribution is 7.06. The van der Waals surface area contributed by atoms with Crippen molar-refractivity contribution in [1.29, 1.82) is 0 Å². The van der Waals surface area contributed by atoms with Gasteiger partial charge in [-0.1, -0.05) is 19.8 Å². The van der Waals surface area contributed by atoms with Crippen LogP contribution in [0.1, 0.15) is 65.3 Å². The van der Waals surface area contributed by atoms with Crippen molar-refractivity contribution in [2.24, 2.45) is 24.6 Å². The van der Waals surface area contributed by atoms with Crippen molar-refractivity contribution in [2.75, 3.05) is 5.32 Å². The number of aryl methyl sites for hydroxylation is 3. The van der Waals surface area contributed by atoms with Crippen LogP contribution in [0.4, 0.5) is 5.82 Å². The number of rotatable bonds is 6. The van der Waals surface area contributed by atoms with E-state index >= 15 is 0 Å². The van der Waals surface area contributed by atoms with Crippen molar-refractivity contribution in [3.05, 3.63) is 46.4 Å². The van der Waals surface area contributed by atoms with Gasteiger partial charge in [0, 0.05) is 29.2 Å². The highest BCUT2D eigenvalue weighted by Gasteiger charge is 2.35. The molecule has 0 aliphatic heterocycles. The van der Waals surface area contributed by atoms with Gasteiger partial charge in [0.05, 0.1) is 17.3 Å². The van der Waals surface area contributed by atoms with Crippen LogP contribution in [0.5, 0.6) is 0 Å². The van der Waals surface area contributed by atoms with Gasteiger partial charge < -0.3 is 11.1 Å².